The highest BCUT2D eigenvalue weighted by atomic mass is 35.5. The van der Waals surface area contributed by atoms with Gasteiger partial charge in [0.25, 0.3) is 0 Å². The van der Waals surface area contributed by atoms with Crippen molar-refractivity contribution >= 4 is 45.7 Å². The molecule has 1 aliphatic rings. The van der Waals surface area contributed by atoms with Crippen LogP contribution in [0, 0.1) is 11.7 Å². The van der Waals surface area contributed by atoms with E-state index in [2.05, 4.69) is 25.7 Å². The normalized spacial score (nSPS) is 19.0. The van der Waals surface area contributed by atoms with Crippen molar-refractivity contribution < 1.29 is 17.6 Å². The number of hydrogen-bond acceptors (Lipinski definition) is 7. The van der Waals surface area contributed by atoms with Crippen LogP contribution in [0.15, 0.2) is 28.6 Å². The van der Waals surface area contributed by atoms with Gasteiger partial charge in [-0.3, -0.25) is 0 Å². The molecule has 0 radical (unpaired) electrons. The molecule has 0 bridgehead atoms. The molecule has 1 aromatic carbocycles. The van der Waals surface area contributed by atoms with E-state index in [1.54, 1.807) is 12.3 Å². The summed E-state index contributed by atoms with van der Waals surface area (Å²) in [5.74, 6) is -1.63. The number of rotatable bonds is 11. The Balaban J connectivity index is 1.30. The molecule has 4 N–H and O–H groups in total. The van der Waals surface area contributed by atoms with Crippen molar-refractivity contribution in [1.29, 1.82) is 0 Å². The van der Waals surface area contributed by atoms with E-state index in [0.717, 1.165) is 24.8 Å². The minimum Gasteiger partial charge on any atom is -0.384 e. The molecule has 0 amide bonds. The molecule has 2 aromatic rings. The second-order valence-electron chi connectivity index (χ2n) is 7.22. The summed E-state index contributed by atoms with van der Waals surface area (Å²) in [5, 5.41) is 12.2. The molecule has 31 heavy (non-hydrogen) atoms. The Bertz CT molecular complexity index is 822. The number of nitrogens with one attached hydrogen (secondary N) is 4. The van der Waals surface area contributed by atoms with Crippen molar-refractivity contribution in [1.82, 2.24) is 15.6 Å². The van der Waals surface area contributed by atoms with Crippen LogP contribution in [-0.4, -0.2) is 43.4 Å². The maximum atomic E-state index is 14.3. The number of thiazole rings is 1. The molecule has 1 saturated heterocycles. The van der Waals surface area contributed by atoms with Crippen LogP contribution in [0.2, 0.25) is 5.02 Å². The highest BCUT2D eigenvalue weighted by molar-refractivity contribution is 8.00. The molecule has 2 unspecified atom stereocenters. The van der Waals surface area contributed by atoms with Crippen molar-refractivity contribution in [3.8, 4) is 0 Å². The highest BCUT2D eigenvalue weighted by Gasteiger charge is 2.43. The second kappa shape index (κ2) is 11.6. The fourth-order valence-electron chi connectivity index (χ4n) is 3.21. The van der Waals surface area contributed by atoms with Gasteiger partial charge < -0.3 is 20.7 Å². The van der Waals surface area contributed by atoms with Gasteiger partial charge in [-0.15, -0.1) is 11.3 Å². The van der Waals surface area contributed by atoms with Gasteiger partial charge in [0.05, 0.1) is 21.5 Å². The molecule has 3 rings (SSSR count). The van der Waals surface area contributed by atoms with Crippen molar-refractivity contribution in [2.45, 2.75) is 36.4 Å². The maximum absolute atomic E-state index is 14.3. The van der Waals surface area contributed by atoms with Crippen LogP contribution >= 0.6 is 34.9 Å². The first-order chi connectivity index (χ1) is 14.8. The minimum atomic E-state index is -4.12. The lowest BCUT2D eigenvalue weighted by molar-refractivity contribution is -0.169. The zero-order valence-electron chi connectivity index (χ0n) is 16.6. The number of anilines is 2. The molecule has 172 valence electrons. The predicted octanol–water partition coefficient (Wildman–Crippen LogP) is 5.38. The van der Waals surface area contributed by atoms with Gasteiger partial charge in [-0.05, 0) is 49.9 Å². The molecule has 1 aliphatic heterocycles. The van der Waals surface area contributed by atoms with Gasteiger partial charge in [-0.2, -0.15) is 13.2 Å². The Morgan fingerprint density at radius 3 is 2.77 bits per heavy atom. The Kier molecular flexibility index (Phi) is 9.08. The van der Waals surface area contributed by atoms with E-state index < -0.39 is 12.1 Å². The summed E-state index contributed by atoms with van der Waals surface area (Å²) in [6.45, 7) is 1.83. The van der Waals surface area contributed by atoms with E-state index in [4.69, 9.17) is 11.6 Å². The highest BCUT2D eigenvalue weighted by Crippen LogP contribution is 2.33. The molecule has 1 aromatic heterocycles. The number of nitrogens with zero attached hydrogens (tertiary/aromatic N) is 1. The molecular formula is C19H24ClF4N5S2. The molecule has 0 saturated carbocycles. The van der Waals surface area contributed by atoms with Crippen molar-refractivity contribution in [3.63, 3.8) is 0 Å². The van der Waals surface area contributed by atoms with Crippen LogP contribution < -0.4 is 20.7 Å². The molecule has 0 spiro atoms. The van der Waals surface area contributed by atoms with E-state index in [-0.39, 0.29) is 24.8 Å². The maximum Gasteiger partial charge on any atom is 0.393 e. The average Bonchev–Trinajstić information content (AvgIpc) is 3.40. The Morgan fingerprint density at radius 1 is 1.26 bits per heavy atom. The summed E-state index contributed by atoms with van der Waals surface area (Å²) in [5.41, 5.74) is 0.527. The third-order valence-electron chi connectivity index (χ3n) is 4.87. The monoisotopic (exact) mass is 497 g/mol. The lowest BCUT2D eigenvalue weighted by Gasteiger charge is -2.14. The summed E-state index contributed by atoms with van der Waals surface area (Å²) in [4.78, 5) is 4.45. The average molecular weight is 498 g/mol. The largest absolute Gasteiger partial charge is 0.393 e. The molecule has 0 aliphatic carbocycles. The minimum absolute atomic E-state index is 0.00460. The van der Waals surface area contributed by atoms with Crippen molar-refractivity contribution in [2.75, 3.05) is 36.2 Å². The fraction of sp³-hybridized carbons (Fsp3) is 0.526. The Morgan fingerprint density at radius 2 is 2.06 bits per heavy atom. The van der Waals surface area contributed by atoms with E-state index in [1.807, 2.05) is 5.38 Å². The first-order valence-corrected chi connectivity index (χ1v) is 12.0. The van der Waals surface area contributed by atoms with Crippen LogP contribution in [0.4, 0.5) is 28.4 Å². The molecule has 2 heterocycles. The van der Waals surface area contributed by atoms with E-state index >= 15 is 0 Å². The standard InChI is InChI=1S/C19H24ClF4N5S2/c20-14-8-17(31-29-18-27-5-6-30-18)15(21)9-16(14)26-4-2-1-3-25-11-13-7-12(10-28-13)19(22,23)24/h5-6,8-9,12-13,25-26,28H,1-4,7,10-11H2,(H,27,29). The lowest BCUT2D eigenvalue weighted by atomic mass is 10.1. The topological polar surface area (TPSA) is 61.0 Å². The first kappa shape index (κ1) is 24.4. The lowest BCUT2D eigenvalue weighted by Crippen LogP contribution is -2.34. The van der Waals surface area contributed by atoms with E-state index in [9.17, 15) is 17.6 Å². The van der Waals surface area contributed by atoms with Crippen LogP contribution in [-0.2, 0) is 0 Å². The quantitative estimate of drug-likeness (QED) is 0.190. The van der Waals surface area contributed by atoms with Gasteiger partial charge >= 0.3 is 6.18 Å². The SMILES string of the molecule is Fc1cc(NCCCCNCC2CC(C(F)(F)F)CN2)c(Cl)cc1SNc1nccs1. The van der Waals surface area contributed by atoms with Gasteiger partial charge in [-0.1, -0.05) is 11.6 Å². The van der Waals surface area contributed by atoms with Crippen LogP contribution in [0.5, 0.6) is 0 Å². The van der Waals surface area contributed by atoms with Gasteiger partial charge in [0.15, 0.2) is 5.13 Å². The third kappa shape index (κ3) is 7.67. The third-order valence-corrected chi connectivity index (χ3v) is 6.83. The van der Waals surface area contributed by atoms with Crippen LogP contribution in [0.1, 0.15) is 19.3 Å². The Labute approximate surface area is 191 Å². The number of halogens is 5. The summed E-state index contributed by atoms with van der Waals surface area (Å²) in [6.07, 6.45) is -0.683. The molecule has 2 atom stereocenters. The number of aromatic nitrogens is 1. The summed E-state index contributed by atoms with van der Waals surface area (Å²) in [7, 11) is 0. The van der Waals surface area contributed by atoms with Crippen LogP contribution in [0.25, 0.3) is 0 Å². The smallest absolute Gasteiger partial charge is 0.384 e. The fourth-order valence-corrected chi connectivity index (χ4v) is 4.78. The number of unbranched alkanes of at least 4 members (excludes halogenated alkanes) is 1. The first-order valence-electron chi connectivity index (χ1n) is 9.89. The molecule has 12 heteroatoms. The zero-order valence-corrected chi connectivity index (χ0v) is 19.0. The Hall–Kier alpha value is -1.27. The summed E-state index contributed by atoms with van der Waals surface area (Å²) in [6, 6.07) is 2.79. The van der Waals surface area contributed by atoms with Crippen molar-refractivity contribution in [2.24, 2.45) is 5.92 Å². The molecular weight excluding hydrogens is 474 g/mol. The number of hydrogen-bond donors (Lipinski definition) is 4. The number of alkyl halides is 3. The van der Waals surface area contributed by atoms with Gasteiger partial charge in [0.1, 0.15) is 5.82 Å². The zero-order chi connectivity index (χ0) is 22.3. The molecule has 1 fully saturated rings. The second-order valence-corrected chi connectivity index (χ2v) is 9.37. The van der Waals surface area contributed by atoms with Gasteiger partial charge in [-0.25, -0.2) is 9.37 Å². The van der Waals surface area contributed by atoms with Crippen molar-refractivity contribution in [3.05, 3.63) is 34.5 Å². The van der Waals surface area contributed by atoms with Gasteiger partial charge in [0, 0.05) is 37.3 Å². The van der Waals surface area contributed by atoms with Crippen LogP contribution in [0.3, 0.4) is 0 Å². The molecule has 5 nitrogen and oxygen atoms in total. The predicted molar refractivity (Wildman–Crippen MR) is 120 cm³/mol. The van der Waals surface area contributed by atoms with E-state index in [0.29, 0.717) is 40.4 Å². The number of benzene rings is 1. The van der Waals surface area contributed by atoms with Gasteiger partial charge in [0.2, 0.25) is 0 Å². The van der Waals surface area contributed by atoms with E-state index in [1.165, 1.54) is 17.4 Å². The summed E-state index contributed by atoms with van der Waals surface area (Å²) < 4.78 is 55.3. The summed E-state index contributed by atoms with van der Waals surface area (Å²) >= 11 is 8.79.